The quantitative estimate of drug-likeness (QED) is 0.862. The van der Waals surface area contributed by atoms with Gasteiger partial charge in [0.15, 0.2) is 5.16 Å². The number of carboxylic acids is 1. The van der Waals surface area contributed by atoms with Gasteiger partial charge < -0.3 is 5.11 Å². The molecular weight excluding hydrogens is 320 g/mol. The van der Waals surface area contributed by atoms with Crippen molar-refractivity contribution < 1.29 is 9.90 Å². The summed E-state index contributed by atoms with van der Waals surface area (Å²) < 4.78 is 2.34. The molecule has 0 saturated heterocycles. The minimum Gasteiger partial charge on any atom is -0.481 e. The lowest BCUT2D eigenvalue weighted by Gasteiger charge is -1.95. The summed E-state index contributed by atoms with van der Waals surface area (Å²) in [6.45, 7) is 0. The van der Waals surface area contributed by atoms with Crippen LogP contribution < -0.4 is 0 Å². The Labute approximate surface area is 116 Å². The highest BCUT2D eigenvalue weighted by molar-refractivity contribution is 9.10. The number of halogens is 1. The Kier molecular flexibility index (Phi) is 3.97. The van der Waals surface area contributed by atoms with Crippen LogP contribution in [0.1, 0.15) is 0 Å². The summed E-state index contributed by atoms with van der Waals surface area (Å²) in [5, 5.41) is 13.4. The second kappa shape index (κ2) is 5.49. The lowest BCUT2D eigenvalue weighted by atomic mass is 10.3. The average molecular weight is 329 g/mol. The van der Waals surface area contributed by atoms with E-state index < -0.39 is 5.97 Å². The first kappa shape index (κ1) is 13.0. The summed E-state index contributed by atoms with van der Waals surface area (Å²) >= 11 is 4.50. The standard InChI is InChI=1S/C10H9BrN4O2S/c1-15-10(18-5-7(16)17)13-9(14-15)8-6(11)3-2-4-12-8/h2-4H,5H2,1H3,(H,16,17). The van der Waals surface area contributed by atoms with Crippen LogP contribution in [-0.4, -0.2) is 36.6 Å². The smallest absolute Gasteiger partial charge is 0.313 e. The van der Waals surface area contributed by atoms with E-state index in [-0.39, 0.29) is 5.75 Å². The van der Waals surface area contributed by atoms with Crippen molar-refractivity contribution in [2.24, 2.45) is 7.05 Å². The van der Waals surface area contributed by atoms with Crippen LogP contribution in [0.15, 0.2) is 28.0 Å². The van der Waals surface area contributed by atoms with Crippen LogP contribution in [0, 0.1) is 0 Å². The Hall–Kier alpha value is -1.41. The van der Waals surface area contributed by atoms with Crippen LogP contribution >= 0.6 is 27.7 Å². The lowest BCUT2D eigenvalue weighted by Crippen LogP contribution is -2.00. The van der Waals surface area contributed by atoms with Crippen LogP contribution in [-0.2, 0) is 11.8 Å². The van der Waals surface area contributed by atoms with Crippen molar-refractivity contribution in [3.05, 3.63) is 22.8 Å². The van der Waals surface area contributed by atoms with Crippen LogP contribution in [0.2, 0.25) is 0 Å². The van der Waals surface area contributed by atoms with Crippen LogP contribution in [0.25, 0.3) is 11.5 Å². The third-order valence-electron chi connectivity index (χ3n) is 2.02. The summed E-state index contributed by atoms with van der Waals surface area (Å²) in [6.07, 6.45) is 1.65. The van der Waals surface area contributed by atoms with Gasteiger partial charge in [-0.15, -0.1) is 5.10 Å². The summed E-state index contributed by atoms with van der Waals surface area (Å²) in [7, 11) is 1.72. The van der Waals surface area contributed by atoms with Crippen LogP contribution in [0.3, 0.4) is 0 Å². The van der Waals surface area contributed by atoms with Crippen molar-refractivity contribution in [3.8, 4) is 11.5 Å². The molecule has 18 heavy (non-hydrogen) atoms. The number of rotatable bonds is 4. The van der Waals surface area contributed by atoms with Gasteiger partial charge >= 0.3 is 5.97 Å². The van der Waals surface area contributed by atoms with E-state index in [1.807, 2.05) is 6.07 Å². The fourth-order valence-corrected chi connectivity index (χ4v) is 2.34. The van der Waals surface area contributed by atoms with Gasteiger partial charge in [0.2, 0.25) is 5.82 Å². The molecule has 0 atom stereocenters. The summed E-state index contributed by atoms with van der Waals surface area (Å²) in [4.78, 5) is 19.0. The van der Waals surface area contributed by atoms with E-state index in [0.29, 0.717) is 16.7 Å². The predicted molar refractivity (Wildman–Crippen MR) is 70.3 cm³/mol. The molecule has 0 bridgehead atoms. The molecule has 0 fully saturated rings. The average Bonchev–Trinajstić information content (AvgIpc) is 2.68. The number of thioether (sulfide) groups is 1. The molecule has 1 N–H and O–H groups in total. The van der Waals surface area contributed by atoms with E-state index in [0.717, 1.165) is 16.2 Å². The van der Waals surface area contributed by atoms with Crippen molar-refractivity contribution in [2.75, 3.05) is 5.75 Å². The second-order valence-electron chi connectivity index (χ2n) is 3.36. The molecule has 2 heterocycles. The summed E-state index contributed by atoms with van der Waals surface area (Å²) in [6, 6.07) is 3.65. The molecule has 0 amide bonds. The van der Waals surface area contributed by atoms with E-state index in [2.05, 4.69) is 31.0 Å². The molecular formula is C10H9BrN4O2S. The number of hydrogen-bond acceptors (Lipinski definition) is 5. The SMILES string of the molecule is Cn1nc(-c2ncccc2Br)nc1SCC(=O)O. The van der Waals surface area contributed by atoms with Crippen molar-refractivity contribution in [1.29, 1.82) is 0 Å². The molecule has 0 aromatic carbocycles. The Morgan fingerprint density at radius 3 is 3.06 bits per heavy atom. The van der Waals surface area contributed by atoms with Gasteiger partial charge in [0, 0.05) is 17.7 Å². The van der Waals surface area contributed by atoms with Crippen LogP contribution in [0.4, 0.5) is 0 Å². The molecule has 0 unspecified atom stereocenters. The van der Waals surface area contributed by atoms with E-state index in [1.54, 1.807) is 24.0 Å². The van der Waals surface area contributed by atoms with Gasteiger partial charge in [-0.3, -0.25) is 9.78 Å². The molecule has 8 heteroatoms. The van der Waals surface area contributed by atoms with Gasteiger partial charge in [0.1, 0.15) is 5.69 Å². The molecule has 0 aliphatic heterocycles. The zero-order chi connectivity index (χ0) is 13.1. The summed E-state index contributed by atoms with van der Waals surface area (Å²) in [5.41, 5.74) is 0.635. The lowest BCUT2D eigenvalue weighted by molar-refractivity contribution is -0.133. The normalized spacial score (nSPS) is 10.6. The first-order valence-corrected chi connectivity index (χ1v) is 6.72. The molecule has 0 aliphatic carbocycles. The number of aryl methyl sites for hydroxylation is 1. The fraction of sp³-hybridized carbons (Fsp3) is 0.200. The van der Waals surface area contributed by atoms with E-state index >= 15 is 0 Å². The molecule has 94 valence electrons. The third-order valence-corrected chi connectivity index (χ3v) is 3.66. The second-order valence-corrected chi connectivity index (χ2v) is 5.15. The highest BCUT2D eigenvalue weighted by atomic mass is 79.9. The number of carboxylic acid groups (broad SMARTS) is 1. The fourth-order valence-electron chi connectivity index (χ4n) is 1.27. The molecule has 0 saturated carbocycles. The highest BCUT2D eigenvalue weighted by Gasteiger charge is 2.14. The van der Waals surface area contributed by atoms with Gasteiger partial charge in [-0.25, -0.2) is 4.68 Å². The van der Waals surface area contributed by atoms with Gasteiger partial charge in [-0.1, -0.05) is 11.8 Å². The molecule has 0 spiro atoms. The maximum atomic E-state index is 10.5. The Morgan fingerprint density at radius 1 is 1.61 bits per heavy atom. The monoisotopic (exact) mass is 328 g/mol. The predicted octanol–water partition coefficient (Wildman–Crippen LogP) is 1.82. The zero-order valence-electron chi connectivity index (χ0n) is 9.37. The number of pyridine rings is 1. The van der Waals surface area contributed by atoms with Gasteiger partial charge in [0.25, 0.3) is 0 Å². The molecule has 0 aliphatic rings. The first-order valence-electron chi connectivity index (χ1n) is 4.94. The Balaban J connectivity index is 2.29. The van der Waals surface area contributed by atoms with Gasteiger partial charge in [-0.05, 0) is 28.1 Å². The number of aliphatic carboxylic acids is 1. The number of aromatic nitrogens is 4. The minimum atomic E-state index is -0.886. The van der Waals surface area contributed by atoms with Crippen molar-refractivity contribution in [3.63, 3.8) is 0 Å². The van der Waals surface area contributed by atoms with Crippen molar-refractivity contribution >= 4 is 33.7 Å². The molecule has 2 aromatic heterocycles. The zero-order valence-corrected chi connectivity index (χ0v) is 11.8. The van der Waals surface area contributed by atoms with Gasteiger partial charge in [-0.2, -0.15) is 4.98 Å². The molecule has 2 rings (SSSR count). The largest absolute Gasteiger partial charge is 0.481 e. The number of carbonyl (C=O) groups is 1. The maximum Gasteiger partial charge on any atom is 0.313 e. The van der Waals surface area contributed by atoms with Crippen molar-refractivity contribution in [1.82, 2.24) is 19.7 Å². The third kappa shape index (κ3) is 2.88. The Morgan fingerprint density at radius 2 is 2.39 bits per heavy atom. The minimum absolute atomic E-state index is 0.0463. The number of nitrogens with zero attached hydrogens (tertiary/aromatic N) is 4. The molecule has 2 aromatic rings. The summed E-state index contributed by atoms with van der Waals surface area (Å²) in [5.74, 6) is -0.462. The van der Waals surface area contributed by atoms with Crippen LogP contribution in [0.5, 0.6) is 0 Å². The van der Waals surface area contributed by atoms with E-state index in [4.69, 9.17) is 5.11 Å². The van der Waals surface area contributed by atoms with E-state index in [9.17, 15) is 4.79 Å². The number of hydrogen-bond donors (Lipinski definition) is 1. The topological polar surface area (TPSA) is 80.9 Å². The first-order chi connectivity index (χ1) is 8.58. The van der Waals surface area contributed by atoms with Crippen molar-refractivity contribution in [2.45, 2.75) is 5.16 Å². The Bertz CT molecular complexity index is 587. The molecule has 0 radical (unpaired) electrons. The molecule has 6 nitrogen and oxygen atoms in total. The highest BCUT2D eigenvalue weighted by Crippen LogP contribution is 2.25. The van der Waals surface area contributed by atoms with E-state index in [1.165, 1.54) is 0 Å². The maximum absolute atomic E-state index is 10.5. The van der Waals surface area contributed by atoms with Gasteiger partial charge in [0.05, 0.1) is 5.75 Å².